The summed E-state index contributed by atoms with van der Waals surface area (Å²) in [5, 5.41) is 0. The normalized spacial score (nSPS) is 23.3. The lowest BCUT2D eigenvalue weighted by atomic mass is 9.77. The van der Waals surface area contributed by atoms with Crippen molar-refractivity contribution in [1.29, 1.82) is 0 Å². The average molecular weight is 434 g/mol. The number of hydrogen-bond donors (Lipinski definition) is 0. The molecule has 0 radical (unpaired) electrons. The van der Waals surface area contributed by atoms with E-state index in [2.05, 4.69) is 99.5 Å². The highest BCUT2D eigenvalue weighted by atomic mass is 16.5. The van der Waals surface area contributed by atoms with Crippen LogP contribution in [-0.4, -0.2) is 0 Å². The number of ether oxygens (including phenoxy) is 1. The monoisotopic (exact) mass is 433 g/mol. The molecule has 0 N–H and O–H groups in total. The van der Waals surface area contributed by atoms with Gasteiger partial charge in [0.15, 0.2) is 0 Å². The van der Waals surface area contributed by atoms with Gasteiger partial charge in [0.05, 0.1) is 11.2 Å². The second-order valence-corrected chi connectivity index (χ2v) is 9.53. The fraction of sp³-hybridized carbons (Fsp3) is 0.226. The summed E-state index contributed by atoms with van der Waals surface area (Å²) >= 11 is 0. The molecule has 0 amide bonds. The molecule has 166 valence electrons. The molecule has 0 saturated carbocycles. The molecule has 33 heavy (non-hydrogen) atoms. The Labute approximate surface area is 197 Å². The van der Waals surface area contributed by atoms with E-state index in [4.69, 9.17) is 4.74 Å². The zero-order chi connectivity index (χ0) is 23.2. The van der Waals surface area contributed by atoms with Gasteiger partial charge in [0.2, 0.25) is 0 Å². The van der Waals surface area contributed by atoms with Crippen LogP contribution in [0, 0.1) is 6.92 Å². The summed E-state index contributed by atoms with van der Waals surface area (Å²) in [6.07, 6.45) is 7.85. The van der Waals surface area contributed by atoms with Gasteiger partial charge in [-0.3, -0.25) is 0 Å². The third-order valence-corrected chi connectivity index (χ3v) is 7.23. The maximum atomic E-state index is 6.46. The molecule has 2 bridgehead atoms. The summed E-state index contributed by atoms with van der Waals surface area (Å²) in [5.74, 6) is 0. The van der Waals surface area contributed by atoms with E-state index in [1.165, 1.54) is 27.8 Å². The molecule has 0 spiro atoms. The number of nitrogens with zero attached hydrogens (tertiary/aromatic N) is 1. The van der Waals surface area contributed by atoms with Crippen molar-refractivity contribution in [2.45, 2.75) is 44.8 Å². The number of benzene rings is 3. The van der Waals surface area contributed by atoms with Gasteiger partial charge < -0.3 is 9.64 Å². The minimum atomic E-state index is -0.159. The van der Waals surface area contributed by atoms with Gasteiger partial charge in [0.1, 0.15) is 0 Å². The topological polar surface area (TPSA) is 12.5 Å². The molecule has 5 rings (SSSR count). The van der Waals surface area contributed by atoms with Gasteiger partial charge in [-0.15, -0.1) is 0 Å². The summed E-state index contributed by atoms with van der Waals surface area (Å²) < 4.78 is 6.46. The number of rotatable bonds is 6. The molecule has 0 aliphatic carbocycles. The molecule has 1 fully saturated rings. The molecule has 2 heteroatoms. The first-order chi connectivity index (χ1) is 15.9. The zero-order valence-corrected chi connectivity index (χ0v) is 19.8. The molecule has 1 saturated heterocycles. The Hall–Kier alpha value is -3.36. The minimum Gasteiger partial charge on any atom is -0.360 e. The second kappa shape index (κ2) is 7.90. The molecule has 2 aliphatic heterocycles. The van der Waals surface area contributed by atoms with Crippen LogP contribution in [0.2, 0.25) is 0 Å². The Morgan fingerprint density at radius 3 is 2.21 bits per heavy atom. The summed E-state index contributed by atoms with van der Waals surface area (Å²) in [6, 6.07) is 23.9. The third kappa shape index (κ3) is 3.46. The van der Waals surface area contributed by atoms with E-state index in [0.29, 0.717) is 0 Å². The lowest BCUT2D eigenvalue weighted by molar-refractivity contribution is -0.0662. The third-order valence-electron chi connectivity index (χ3n) is 7.23. The number of fused-ring (bicyclic) bond motifs is 5. The highest BCUT2D eigenvalue weighted by Gasteiger charge is 2.54. The maximum Gasteiger partial charge on any atom is 0.0920 e. The zero-order valence-electron chi connectivity index (χ0n) is 19.8. The van der Waals surface area contributed by atoms with Crippen LogP contribution in [0.1, 0.15) is 43.4 Å². The van der Waals surface area contributed by atoms with Gasteiger partial charge in [-0.2, -0.15) is 0 Å². The standard InChI is InChI=1S/C31H31NO/c1-6-11-25(7-2)32(26-12-9-8-10-13-26)29-17-15-23(20-22(29)3)24-14-16-27-28(21-24)31(5)19-18-30(27,4)33-31/h6-17,20-21H,1-2,18-19H2,3-5H3/b25-11+. The predicted octanol–water partition coefficient (Wildman–Crippen LogP) is 8.31. The van der Waals surface area contributed by atoms with Crippen molar-refractivity contribution in [2.24, 2.45) is 0 Å². The fourth-order valence-electron chi connectivity index (χ4n) is 5.52. The van der Waals surface area contributed by atoms with E-state index >= 15 is 0 Å². The van der Waals surface area contributed by atoms with Gasteiger partial charge in [-0.05, 0) is 104 Å². The Balaban J connectivity index is 1.57. The molecule has 2 unspecified atom stereocenters. The van der Waals surface area contributed by atoms with Crippen molar-refractivity contribution in [3.8, 4) is 11.1 Å². The van der Waals surface area contributed by atoms with E-state index in [1.807, 2.05) is 18.2 Å². The van der Waals surface area contributed by atoms with Crippen LogP contribution < -0.4 is 4.90 Å². The van der Waals surface area contributed by atoms with Crippen LogP contribution >= 0.6 is 0 Å². The largest absolute Gasteiger partial charge is 0.360 e. The number of para-hydroxylation sites is 1. The van der Waals surface area contributed by atoms with Crippen LogP contribution in [0.15, 0.2) is 104 Å². The average Bonchev–Trinajstić information content (AvgIpc) is 3.27. The van der Waals surface area contributed by atoms with Crippen LogP contribution in [0.5, 0.6) is 0 Å². The second-order valence-electron chi connectivity index (χ2n) is 9.53. The molecule has 0 aromatic heterocycles. The Morgan fingerprint density at radius 2 is 1.55 bits per heavy atom. The van der Waals surface area contributed by atoms with E-state index in [9.17, 15) is 0 Å². The van der Waals surface area contributed by atoms with Crippen molar-refractivity contribution >= 4 is 11.4 Å². The predicted molar refractivity (Wildman–Crippen MR) is 139 cm³/mol. The van der Waals surface area contributed by atoms with E-state index in [1.54, 1.807) is 6.08 Å². The van der Waals surface area contributed by atoms with E-state index < -0.39 is 0 Å². The summed E-state index contributed by atoms with van der Waals surface area (Å²) in [5.41, 5.74) is 9.28. The van der Waals surface area contributed by atoms with Crippen molar-refractivity contribution < 1.29 is 4.74 Å². The number of allylic oxidation sites excluding steroid dienone is 3. The van der Waals surface area contributed by atoms with Crippen molar-refractivity contribution in [2.75, 3.05) is 4.90 Å². The quantitative estimate of drug-likeness (QED) is 0.362. The minimum absolute atomic E-state index is 0.128. The number of aryl methyl sites for hydroxylation is 1. The lowest BCUT2D eigenvalue weighted by Crippen LogP contribution is -2.18. The van der Waals surface area contributed by atoms with Gasteiger partial charge >= 0.3 is 0 Å². The molecular formula is C31H31NO. The van der Waals surface area contributed by atoms with Crippen LogP contribution in [0.4, 0.5) is 11.4 Å². The van der Waals surface area contributed by atoms with Crippen LogP contribution in [-0.2, 0) is 15.9 Å². The highest BCUT2D eigenvalue weighted by molar-refractivity contribution is 5.77. The highest BCUT2D eigenvalue weighted by Crippen LogP contribution is 2.58. The summed E-state index contributed by atoms with van der Waals surface area (Å²) in [6.45, 7) is 14.6. The molecular weight excluding hydrogens is 402 g/mol. The first-order valence-electron chi connectivity index (χ1n) is 11.7. The van der Waals surface area contributed by atoms with E-state index in [-0.39, 0.29) is 11.2 Å². The molecule has 3 aromatic rings. The molecule has 2 heterocycles. The molecule has 3 aromatic carbocycles. The smallest absolute Gasteiger partial charge is 0.0920 e. The van der Waals surface area contributed by atoms with Gasteiger partial charge in [0.25, 0.3) is 0 Å². The van der Waals surface area contributed by atoms with Gasteiger partial charge in [-0.25, -0.2) is 0 Å². The SMILES string of the molecule is C=C/C=C(\C=C)N(c1ccccc1)c1ccc(-c2ccc3c(c2)C2(C)CCC3(C)O2)cc1C. The molecule has 2 aliphatic rings. The first kappa shape index (κ1) is 21.5. The molecule has 2 nitrogen and oxygen atoms in total. The molecule has 2 atom stereocenters. The number of hydrogen-bond acceptors (Lipinski definition) is 2. The van der Waals surface area contributed by atoms with E-state index in [0.717, 1.165) is 29.9 Å². The van der Waals surface area contributed by atoms with Crippen molar-refractivity contribution in [3.05, 3.63) is 121 Å². The Morgan fingerprint density at radius 1 is 0.879 bits per heavy atom. The maximum absolute atomic E-state index is 6.46. The number of anilines is 2. The first-order valence-corrected chi connectivity index (χ1v) is 11.7. The summed E-state index contributed by atoms with van der Waals surface area (Å²) in [7, 11) is 0. The van der Waals surface area contributed by atoms with Crippen molar-refractivity contribution in [1.82, 2.24) is 0 Å². The fourth-order valence-corrected chi connectivity index (χ4v) is 5.52. The lowest BCUT2D eigenvalue weighted by Gasteiger charge is -2.28. The summed E-state index contributed by atoms with van der Waals surface area (Å²) in [4.78, 5) is 2.23. The van der Waals surface area contributed by atoms with Crippen molar-refractivity contribution in [3.63, 3.8) is 0 Å². The van der Waals surface area contributed by atoms with Gasteiger partial charge in [-0.1, -0.05) is 55.6 Å². The van der Waals surface area contributed by atoms with Crippen LogP contribution in [0.25, 0.3) is 11.1 Å². The Kier molecular flexibility index (Phi) is 5.14. The Bertz CT molecular complexity index is 1270. The van der Waals surface area contributed by atoms with Crippen LogP contribution in [0.3, 0.4) is 0 Å². The van der Waals surface area contributed by atoms with Gasteiger partial charge in [0, 0.05) is 17.1 Å².